The van der Waals surface area contributed by atoms with E-state index < -0.39 is 5.41 Å². The van der Waals surface area contributed by atoms with E-state index in [1.807, 2.05) is 19.1 Å². The van der Waals surface area contributed by atoms with Crippen molar-refractivity contribution >= 4 is 12.3 Å². The predicted octanol–water partition coefficient (Wildman–Crippen LogP) is 4.15. The summed E-state index contributed by atoms with van der Waals surface area (Å²) >= 11 is 0. The van der Waals surface area contributed by atoms with Crippen LogP contribution in [0.3, 0.4) is 0 Å². The number of rotatable bonds is 8. The number of benzene rings is 1. The van der Waals surface area contributed by atoms with Crippen LogP contribution in [-0.4, -0.2) is 19.4 Å². The third-order valence-electron chi connectivity index (χ3n) is 4.50. The van der Waals surface area contributed by atoms with Crippen molar-refractivity contribution in [2.45, 2.75) is 51.9 Å². The average Bonchev–Trinajstić information content (AvgIpc) is 2.55. The van der Waals surface area contributed by atoms with Crippen LogP contribution in [0.1, 0.15) is 62.4 Å². The summed E-state index contributed by atoms with van der Waals surface area (Å²) in [5, 5.41) is 0. The Morgan fingerprint density at radius 3 is 2.62 bits per heavy atom. The molecular weight excluding hydrogens is 264 g/mol. The molecule has 1 rings (SSSR count). The zero-order valence-corrected chi connectivity index (χ0v) is 13.5. The average molecular weight is 290 g/mol. The van der Waals surface area contributed by atoms with Gasteiger partial charge in [0, 0.05) is 0 Å². The molecule has 1 aromatic rings. The standard InChI is InChI=1S/C18H26O3/c1-5-14(3)10-11-18(6-2,13-19)16-9-7-8-15(12-16)17(20)21-4/h7-9,12-14H,5-6,10-11H2,1-4H3. The molecule has 0 aliphatic heterocycles. The van der Waals surface area contributed by atoms with Crippen LogP contribution in [0.25, 0.3) is 0 Å². The molecule has 0 bridgehead atoms. The summed E-state index contributed by atoms with van der Waals surface area (Å²) in [7, 11) is 1.37. The fourth-order valence-electron chi connectivity index (χ4n) is 2.52. The van der Waals surface area contributed by atoms with Gasteiger partial charge in [0.05, 0.1) is 18.1 Å². The Bertz CT molecular complexity index is 481. The Labute approximate surface area is 127 Å². The van der Waals surface area contributed by atoms with Crippen molar-refractivity contribution in [3.05, 3.63) is 35.4 Å². The first-order valence-electron chi connectivity index (χ1n) is 7.68. The molecule has 0 fully saturated rings. The number of ether oxygens (including phenoxy) is 1. The van der Waals surface area contributed by atoms with Crippen LogP contribution in [-0.2, 0) is 14.9 Å². The van der Waals surface area contributed by atoms with Gasteiger partial charge in [-0.1, -0.05) is 39.3 Å². The Hall–Kier alpha value is -1.64. The summed E-state index contributed by atoms with van der Waals surface area (Å²) in [5.41, 5.74) is 0.900. The van der Waals surface area contributed by atoms with E-state index in [9.17, 15) is 9.59 Å². The van der Waals surface area contributed by atoms with Gasteiger partial charge in [-0.15, -0.1) is 0 Å². The minimum atomic E-state index is -0.506. The molecule has 0 amide bonds. The van der Waals surface area contributed by atoms with Gasteiger partial charge in [0.25, 0.3) is 0 Å². The highest BCUT2D eigenvalue weighted by Crippen LogP contribution is 2.33. The zero-order chi connectivity index (χ0) is 15.9. The van der Waals surface area contributed by atoms with Crippen molar-refractivity contribution in [2.75, 3.05) is 7.11 Å². The smallest absolute Gasteiger partial charge is 0.337 e. The van der Waals surface area contributed by atoms with Gasteiger partial charge in [-0.05, 0) is 42.9 Å². The van der Waals surface area contributed by atoms with Crippen molar-refractivity contribution in [1.82, 2.24) is 0 Å². The highest BCUT2D eigenvalue weighted by Gasteiger charge is 2.30. The number of methoxy groups -OCH3 is 1. The van der Waals surface area contributed by atoms with E-state index in [0.717, 1.165) is 37.5 Å². The summed E-state index contributed by atoms with van der Waals surface area (Å²) in [5.74, 6) is 0.231. The first-order valence-corrected chi connectivity index (χ1v) is 7.68. The van der Waals surface area contributed by atoms with E-state index in [2.05, 4.69) is 13.8 Å². The lowest BCUT2D eigenvalue weighted by molar-refractivity contribution is -0.113. The fourth-order valence-corrected chi connectivity index (χ4v) is 2.52. The molecule has 0 aliphatic carbocycles. The van der Waals surface area contributed by atoms with E-state index in [4.69, 9.17) is 4.74 Å². The molecule has 0 radical (unpaired) electrons. The molecule has 2 atom stereocenters. The van der Waals surface area contributed by atoms with Crippen LogP contribution in [0.5, 0.6) is 0 Å². The van der Waals surface area contributed by atoms with Gasteiger partial charge in [0.2, 0.25) is 0 Å². The minimum absolute atomic E-state index is 0.366. The fraction of sp³-hybridized carbons (Fsp3) is 0.556. The van der Waals surface area contributed by atoms with Gasteiger partial charge < -0.3 is 9.53 Å². The van der Waals surface area contributed by atoms with Crippen LogP contribution >= 0.6 is 0 Å². The van der Waals surface area contributed by atoms with Crippen LogP contribution in [0.4, 0.5) is 0 Å². The molecular formula is C18H26O3. The third-order valence-corrected chi connectivity index (χ3v) is 4.50. The molecule has 0 aromatic heterocycles. The first-order chi connectivity index (χ1) is 10.0. The molecule has 0 heterocycles. The SMILES string of the molecule is CCC(C)CCC(C=O)(CC)c1cccc(C(=O)OC)c1. The third kappa shape index (κ3) is 4.16. The van der Waals surface area contributed by atoms with E-state index >= 15 is 0 Å². The second-order valence-electron chi connectivity index (χ2n) is 5.75. The van der Waals surface area contributed by atoms with Gasteiger partial charge in [-0.3, -0.25) is 0 Å². The molecule has 21 heavy (non-hydrogen) atoms. The maximum Gasteiger partial charge on any atom is 0.337 e. The number of carbonyl (C=O) groups excluding carboxylic acids is 2. The van der Waals surface area contributed by atoms with E-state index in [-0.39, 0.29) is 5.97 Å². The van der Waals surface area contributed by atoms with Gasteiger partial charge in [0.1, 0.15) is 6.29 Å². The second kappa shape index (κ2) is 7.96. The van der Waals surface area contributed by atoms with Gasteiger partial charge in [-0.25, -0.2) is 4.79 Å². The van der Waals surface area contributed by atoms with Crippen LogP contribution in [0, 0.1) is 5.92 Å². The summed E-state index contributed by atoms with van der Waals surface area (Å²) in [6.45, 7) is 6.39. The monoisotopic (exact) mass is 290 g/mol. The summed E-state index contributed by atoms with van der Waals surface area (Å²) in [6.07, 6.45) is 4.71. The van der Waals surface area contributed by atoms with Crippen LogP contribution < -0.4 is 0 Å². The van der Waals surface area contributed by atoms with Crippen molar-refractivity contribution in [2.24, 2.45) is 5.92 Å². The largest absolute Gasteiger partial charge is 0.465 e. The molecule has 0 spiro atoms. The van der Waals surface area contributed by atoms with Crippen molar-refractivity contribution in [3.63, 3.8) is 0 Å². The molecule has 0 saturated carbocycles. The molecule has 3 heteroatoms. The number of esters is 1. The molecule has 2 unspecified atom stereocenters. The lowest BCUT2D eigenvalue weighted by Crippen LogP contribution is -2.28. The predicted molar refractivity (Wildman–Crippen MR) is 84.5 cm³/mol. The molecule has 1 aromatic carbocycles. The van der Waals surface area contributed by atoms with Crippen molar-refractivity contribution in [3.8, 4) is 0 Å². The Morgan fingerprint density at radius 2 is 2.10 bits per heavy atom. The normalized spacial score (nSPS) is 15.0. The van der Waals surface area contributed by atoms with Crippen molar-refractivity contribution in [1.29, 1.82) is 0 Å². The van der Waals surface area contributed by atoms with E-state index in [0.29, 0.717) is 11.5 Å². The molecule has 0 saturated heterocycles. The van der Waals surface area contributed by atoms with Crippen molar-refractivity contribution < 1.29 is 14.3 Å². The Balaban J connectivity index is 3.09. The maximum absolute atomic E-state index is 11.8. The Kier molecular flexibility index (Phi) is 6.60. The highest BCUT2D eigenvalue weighted by molar-refractivity contribution is 5.89. The van der Waals surface area contributed by atoms with Gasteiger partial charge in [0.15, 0.2) is 0 Å². The second-order valence-corrected chi connectivity index (χ2v) is 5.75. The summed E-state index contributed by atoms with van der Waals surface area (Å²) in [4.78, 5) is 23.5. The van der Waals surface area contributed by atoms with Crippen LogP contribution in [0.2, 0.25) is 0 Å². The zero-order valence-electron chi connectivity index (χ0n) is 13.5. The first kappa shape index (κ1) is 17.4. The number of aldehydes is 1. The maximum atomic E-state index is 11.8. The number of hydrogen-bond donors (Lipinski definition) is 0. The Morgan fingerprint density at radius 1 is 1.38 bits per heavy atom. The molecule has 0 N–H and O–H groups in total. The topological polar surface area (TPSA) is 43.4 Å². The quantitative estimate of drug-likeness (QED) is 0.533. The van der Waals surface area contributed by atoms with Gasteiger partial charge in [-0.2, -0.15) is 0 Å². The minimum Gasteiger partial charge on any atom is -0.465 e. The van der Waals surface area contributed by atoms with Crippen LogP contribution in [0.15, 0.2) is 24.3 Å². The molecule has 3 nitrogen and oxygen atoms in total. The number of hydrogen-bond acceptors (Lipinski definition) is 3. The highest BCUT2D eigenvalue weighted by atomic mass is 16.5. The lowest BCUT2D eigenvalue weighted by atomic mass is 9.74. The number of carbonyl (C=O) groups is 2. The molecule has 116 valence electrons. The summed E-state index contributed by atoms with van der Waals surface area (Å²) in [6, 6.07) is 7.26. The van der Waals surface area contributed by atoms with E-state index in [1.165, 1.54) is 7.11 Å². The van der Waals surface area contributed by atoms with E-state index in [1.54, 1.807) is 12.1 Å². The molecule has 0 aliphatic rings. The lowest BCUT2D eigenvalue weighted by Gasteiger charge is -2.28. The summed E-state index contributed by atoms with van der Waals surface area (Å²) < 4.78 is 4.76. The van der Waals surface area contributed by atoms with Gasteiger partial charge >= 0.3 is 5.97 Å².